The first-order valence-corrected chi connectivity index (χ1v) is 13.4. The third-order valence-electron chi connectivity index (χ3n) is 7.47. The number of halogens is 3. The van der Waals surface area contributed by atoms with Crippen molar-refractivity contribution in [2.24, 2.45) is 7.05 Å². The van der Waals surface area contributed by atoms with E-state index in [0.717, 1.165) is 12.1 Å². The van der Waals surface area contributed by atoms with Crippen LogP contribution in [0.1, 0.15) is 17.0 Å². The van der Waals surface area contributed by atoms with Crippen molar-refractivity contribution in [1.82, 2.24) is 24.6 Å². The number of anilines is 1. The first kappa shape index (κ1) is 29.1. The number of rotatable bonds is 8. The number of nitrogens with one attached hydrogen (secondary N) is 2. The summed E-state index contributed by atoms with van der Waals surface area (Å²) in [6.45, 7) is 3.57. The monoisotopic (exact) mass is 580 g/mol. The summed E-state index contributed by atoms with van der Waals surface area (Å²) < 4.78 is 50.2. The van der Waals surface area contributed by atoms with Gasteiger partial charge in [0.05, 0.1) is 24.0 Å². The number of likely N-dealkylation sites (tertiary alicyclic amines) is 1. The fourth-order valence-corrected chi connectivity index (χ4v) is 5.28. The van der Waals surface area contributed by atoms with Gasteiger partial charge in [-0.2, -0.15) is 5.10 Å². The van der Waals surface area contributed by atoms with Gasteiger partial charge in [-0.15, -0.1) is 0 Å². The first-order chi connectivity index (χ1) is 20.2. The van der Waals surface area contributed by atoms with E-state index >= 15 is 0 Å². The molecule has 1 saturated heterocycles. The van der Waals surface area contributed by atoms with Crippen LogP contribution in [-0.4, -0.2) is 64.7 Å². The third kappa shape index (κ3) is 5.95. The van der Waals surface area contributed by atoms with Crippen molar-refractivity contribution in [3.8, 4) is 16.9 Å². The quantitative estimate of drug-likeness (QED) is 0.305. The summed E-state index contributed by atoms with van der Waals surface area (Å²) >= 11 is 0. The number of pyridine rings is 1. The predicted molar refractivity (Wildman–Crippen MR) is 152 cm³/mol. The maximum atomic E-state index is 14.1. The molecule has 2 unspecified atom stereocenters. The zero-order valence-corrected chi connectivity index (χ0v) is 23.4. The van der Waals surface area contributed by atoms with Crippen molar-refractivity contribution in [2.75, 3.05) is 38.7 Å². The van der Waals surface area contributed by atoms with E-state index in [2.05, 4.69) is 10.6 Å². The second-order valence-electron chi connectivity index (χ2n) is 10.3. The van der Waals surface area contributed by atoms with Gasteiger partial charge in [-0.1, -0.05) is 18.2 Å². The Morgan fingerprint density at radius 3 is 2.45 bits per heavy atom. The Bertz CT molecular complexity index is 1630. The Kier molecular flexibility index (Phi) is 8.46. The number of para-hydroxylation sites is 1. The fourth-order valence-electron chi connectivity index (χ4n) is 5.28. The van der Waals surface area contributed by atoms with Crippen LogP contribution in [0.3, 0.4) is 0 Å². The molecular weight excluding hydrogens is 549 g/mol. The number of carbonyl (C=O) groups is 1. The number of nitrogens with zero attached hydrogens (tertiary/aromatic N) is 4. The molecule has 12 heteroatoms. The lowest BCUT2D eigenvalue weighted by atomic mass is 9.94. The molecule has 42 heavy (non-hydrogen) atoms. The molecule has 2 atom stereocenters. The molecule has 0 saturated carbocycles. The molecule has 2 amide bonds. The van der Waals surface area contributed by atoms with Gasteiger partial charge in [0.1, 0.15) is 5.82 Å². The van der Waals surface area contributed by atoms with Crippen molar-refractivity contribution in [3.63, 3.8) is 0 Å². The Hall–Kier alpha value is -4.42. The topological polar surface area (TPSA) is 93.4 Å². The minimum atomic E-state index is -1.53. The van der Waals surface area contributed by atoms with E-state index in [1.165, 1.54) is 10.6 Å². The van der Waals surface area contributed by atoms with Gasteiger partial charge in [0, 0.05) is 63.1 Å². The van der Waals surface area contributed by atoms with Gasteiger partial charge in [0.2, 0.25) is 5.56 Å². The van der Waals surface area contributed by atoms with Crippen LogP contribution in [0.4, 0.5) is 23.8 Å². The average molecular weight is 581 g/mol. The molecule has 9 nitrogen and oxygen atoms in total. The molecule has 4 aromatic rings. The second-order valence-corrected chi connectivity index (χ2v) is 10.3. The maximum Gasteiger partial charge on any atom is 0.320 e. The first-order valence-electron chi connectivity index (χ1n) is 13.4. The summed E-state index contributed by atoms with van der Waals surface area (Å²) in [4.78, 5) is 27.4. The number of amides is 2. The Balaban J connectivity index is 1.45. The minimum Gasteiger partial charge on any atom is -0.383 e. The van der Waals surface area contributed by atoms with Crippen LogP contribution in [0.15, 0.2) is 65.6 Å². The molecule has 2 N–H and O–H groups in total. The van der Waals surface area contributed by atoms with Crippen molar-refractivity contribution in [2.45, 2.75) is 18.9 Å². The van der Waals surface area contributed by atoms with Crippen LogP contribution < -0.4 is 16.2 Å². The standard InChI is InChI=1S/C30H31F3N6O3/c1-18-28(19-9-10-26(40)37(2)15-19)36-39(21-7-5-4-6-8-21)29(18)35-30(41)34-25-17-38(11-12-42-3)16-22(25)20-13-23(31)27(33)24(32)14-20/h4-10,13-15,22,25H,11-12,16-17H2,1-3H3,(H2,34,35,41). The number of urea groups is 1. The van der Waals surface area contributed by atoms with Gasteiger partial charge in [-0.25, -0.2) is 22.6 Å². The highest BCUT2D eigenvalue weighted by Crippen LogP contribution is 2.32. The lowest BCUT2D eigenvalue weighted by Crippen LogP contribution is -2.42. The SMILES string of the molecule is COCCN1CC(NC(=O)Nc2c(C)c(-c3ccc(=O)n(C)c3)nn2-c2ccccc2)C(c2cc(F)c(F)c(F)c2)C1. The number of ether oxygens (including phenoxy) is 1. The van der Waals surface area contributed by atoms with Crippen molar-refractivity contribution in [3.05, 3.63) is 99.7 Å². The summed E-state index contributed by atoms with van der Waals surface area (Å²) in [7, 11) is 3.22. The number of methoxy groups -OCH3 is 1. The third-order valence-corrected chi connectivity index (χ3v) is 7.47. The van der Waals surface area contributed by atoms with E-state index in [-0.39, 0.29) is 11.1 Å². The summed E-state index contributed by atoms with van der Waals surface area (Å²) in [5, 5.41) is 10.6. The zero-order chi connectivity index (χ0) is 30.0. The highest BCUT2D eigenvalue weighted by molar-refractivity contribution is 5.91. The van der Waals surface area contributed by atoms with Gasteiger partial charge in [-0.05, 0) is 42.8 Å². The summed E-state index contributed by atoms with van der Waals surface area (Å²) in [6, 6.07) is 13.2. The van der Waals surface area contributed by atoms with Gasteiger partial charge in [0.25, 0.3) is 0 Å². The van der Waals surface area contributed by atoms with Crippen molar-refractivity contribution >= 4 is 11.8 Å². The smallest absolute Gasteiger partial charge is 0.320 e. The summed E-state index contributed by atoms with van der Waals surface area (Å²) in [5.41, 5.74) is 2.72. The zero-order valence-electron chi connectivity index (χ0n) is 23.4. The molecule has 3 heterocycles. The van der Waals surface area contributed by atoms with E-state index in [1.54, 1.807) is 31.1 Å². The van der Waals surface area contributed by atoms with Gasteiger partial charge in [0.15, 0.2) is 17.5 Å². The van der Waals surface area contributed by atoms with Crippen LogP contribution >= 0.6 is 0 Å². The number of carbonyl (C=O) groups excluding carboxylic acids is 1. The Labute approximate surface area is 240 Å². The molecule has 1 aliphatic rings. The van der Waals surface area contributed by atoms with Crippen LogP contribution in [0.5, 0.6) is 0 Å². The van der Waals surface area contributed by atoms with Gasteiger partial charge >= 0.3 is 6.03 Å². The van der Waals surface area contributed by atoms with Crippen LogP contribution in [0, 0.1) is 24.4 Å². The molecule has 2 aromatic heterocycles. The summed E-state index contributed by atoms with van der Waals surface area (Å²) in [5.74, 6) is -4.19. The largest absolute Gasteiger partial charge is 0.383 e. The molecule has 0 bridgehead atoms. The van der Waals surface area contributed by atoms with Gasteiger partial charge in [-0.3, -0.25) is 15.0 Å². The Morgan fingerprint density at radius 1 is 1.07 bits per heavy atom. The molecule has 0 spiro atoms. The molecule has 5 rings (SSSR count). The predicted octanol–water partition coefficient (Wildman–Crippen LogP) is 4.20. The van der Waals surface area contributed by atoms with Crippen LogP contribution in [0.25, 0.3) is 16.9 Å². The lowest BCUT2D eigenvalue weighted by molar-refractivity contribution is 0.159. The fraction of sp³-hybridized carbons (Fsp3) is 0.300. The van der Waals surface area contributed by atoms with E-state index in [1.807, 2.05) is 42.2 Å². The number of hydrogen-bond acceptors (Lipinski definition) is 5. The van der Waals surface area contributed by atoms with E-state index in [0.29, 0.717) is 54.6 Å². The van der Waals surface area contributed by atoms with Crippen LogP contribution in [0.2, 0.25) is 0 Å². The molecule has 0 radical (unpaired) electrons. The minimum absolute atomic E-state index is 0.164. The van der Waals surface area contributed by atoms with Crippen molar-refractivity contribution in [1.29, 1.82) is 0 Å². The lowest BCUT2D eigenvalue weighted by Gasteiger charge is -2.21. The summed E-state index contributed by atoms with van der Waals surface area (Å²) in [6.07, 6.45) is 1.68. The number of aromatic nitrogens is 3. The number of aryl methyl sites for hydroxylation is 1. The van der Waals surface area contributed by atoms with E-state index in [9.17, 15) is 22.8 Å². The van der Waals surface area contributed by atoms with Crippen LogP contribution in [-0.2, 0) is 11.8 Å². The molecule has 0 aliphatic carbocycles. The molecule has 2 aromatic carbocycles. The molecule has 220 valence electrons. The second kappa shape index (κ2) is 12.2. The number of benzene rings is 2. The van der Waals surface area contributed by atoms with Crippen molar-refractivity contribution < 1.29 is 22.7 Å². The molecular formula is C30H31F3N6O3. The van der Waals surface area contributed by atoms with E-state index < -0.39 is 35.4 Å². The molecule has 1 aliphatic heterocycles. The highest BCUT2D eigenvalue weighted by Gasteiger charge is 2.36. The van der Waals surface area contributed by atoms with Gasteiger partial charge < -0.3 is 14.6 Å². The molecule has 1 fully saturated rings. The number of hydrogen-bond donors (Lipinski definition) is 2. The average Bonchev–Trinajstić information content (AvgIpc) is 3.52. The highest BCUT2D eigenvalue weighted by atomic mass is 19.2. The Morgan fingerprint density at radius 2 is 1.79 bits per heavy atom. The normalized spacial score (nSPS) is 17.0. The maximum absolute atomic E-state index is 14.1. The van der Waals surface area contributed by atoms with E-state index in [4.69, 9.17) is 9.84 Å².